The molecule has 0 aliphatic heterocycles. The average molecular weight is 237 g/mol. The van der Waals surface area contributed by atoms with Crippen molar-refractivity contribution in [2.45, 2.75) is 39.8 Å². The van der Waals surface area contributed by atoms with Crippen LogP contribution in [-0.4, -0.2) is 22.9 Å². The lowest BCUT2D eigenvalue weighted by molar-refractivity contribution is 0.196. The number of hydrogen-bond donors (Lipinski definition) is 3. The van der Waals surface area contributed by atoms with Crippen molar-refractivity contribution in [1.29, 1.82) is 0 Å². The predicted octanol–water partition coefficient (Wildman–Crippen LogP) is 2.28. The van der Waals surface area contributed by atoms with Crippen molar-refractivity contribution >= 4 is 0 Å². The van der Waals surface area contributed by atoms with E-state index in [0.29, 0.717) is 0 Å². The van der Waals surface area contributed by atoms with Gasteiger partial charge in [-0.3, -0.25) is 0 Å². The van der Waals surface area contributed by atoms with Crippen LogP contribution < -0.4 is 5.32 Å². The summed E-state index contributed by atoms with van der Waals surface area (Å²) in [5, 5.41) is 21.7. The van der Waals surface area contributed by atoms with Gasteiger partial charge in [-0.15, -0.1) is 0 Å². The average Bonchev–Trinajstić information content (AvgIpc) is 2.25. The van der Waals surface area contributed by atoms with Crippen LogP contribution in [0.2, 0.25) is 0 Å². The van der Waals surface area contributed by atoms with Crippen molar-refractivity contribution < 1.29 is 10.2 Å². The number of phenolic OH excluding ortho intramolecular Hbond substituents is 1. The summed E-state index contributed by atoms with van der Waals surface area (Å²) in [7, 11) is 0. The summed E-state index contributed by atoms with van der Waals surface area (Å²) in [5.74, 6) is 0.288. The van der Waals surface area contributed by atoms with E-state index >= 15 is 0 Å². The zero-order valence-electron chi connectivity index (χ0n) is 10.9. The second kappa shape index (κ2) is 6.03. The van der Waals surface area contributed by atoms with Gasteiger partial charge in [0.1, 0.15) is 5.75 Å². The number of phenols is 1. The third-order valence-electron chi connectivity index (χ3n) is 2.95. The Labute approximate surface area is 103 Å². The highest BCUT2D eigenvalue weighted by molar-refractivity contribution is 5.25. The molecule has 0 saturated heterocycles. The number of hydrogen-bond acceptors (Lipinski definition) is 3. The lowest BCUT2D eigenvalue weighted by Crippen LogP contribution is -2.40. The Bertz CT molecular complexity index is 327. The Morgan fingerprint density at radius 1 is 1.18 bits per heavy atom. The molecule has 1 aromatic carbocycles. The normalized spacial score (nSPS) is 13.6. The molecule has 1 unspecified atom stereocenters. The number of nitrogens with one attached hydrogen (secondary N) is 1. The Balaban J connectivity index is 2.54. The summed E-state index contributed by atoms with van der Waals surface area (Å²) in [5.41, 5.74) is 1.26. The molecule has 0 fully saturated rings. The van der Waals surface area contributed by atoms with Gasteiger partial charge >= 0.3 is 0 Å². The third kappa shape index (κ3) is 4.75. The maximum absolute atomic E-state index is 9.19. The van der Waals surface area contributed by atoms with E-state index < -0.39 is 0 Å². The van der Waals surface area contributed by atoms with Gasteiger partial charge in [0.25, 0.3) is 0 Å². The summed E-state index contributed by atoms with van der Waals surface area (Å²) >= 11 is 0. The topological polar surface area (TPSA) is 52.5 Å². The van der Waals surface area contributed by atoms with Gasteiger partial charge in [-0.25, -0.2) is 0 Å². The molecule has 0 aliphatic carbocycles. The molecule has 0 bridgehead atoms. The minimum Gasteiger partial charge on any atom is -0.508 e. The fourth-order valence-corrected chi connectivity index (χ4v) is 1.83. The van der Waals surface area contributed by atoms with E-state index in [1.54, 1.807) is 12.1 Å². The smallest absolute Gasteiger partial charge is 0.115 e. The van der Waals surface area contributed by atoms with Crippen LogP contribution in [-0.2, 0) is 6.54 Å². The molecule has 0 heterocycles. The van der Waals surface area contributed by atoms with Crippen molar-refractivity contribution in [2.75, 3.05) is 6.61 Å². The molecule has 1 rings (SSSR count). The third-order valence-corrected chi connectivity index (χ3v) is 2.95. The number of aliphatic hydroxyl groups excluding tert-OH is 1. The largest absolute Gasteiger partial charge is 0.508 e. The first-order valence-electron chi connectivity index (χ1n) is 6.05. The quantitative estimate of drug-likeness (QED) is 0.736. The van der Waals surface area contributed by atoms with Gasteiger partial charge in [-0.2, -0.15) is 0 Å². The van der Waals surface area contributed by atoms with E-state index in [1.165, 1.54) is 0 Å². The van der Waals surface area contributed by atoms with Crippen LogP contribution in [0.4, 0.5) is 0 Å². The standard InChI is InChI=1S/C14H23NO2/c1-14(2,3)13(8-9-16)15-10-11-4-6-12(17)7-5-11/h4-7,13,15-17H,8-10H2,1-3H3. The maximum Gasteiger partial charge on any atom is 0.115 e. The van der Waals surface area contributed by atoms with Gasteiger partial charge in [0.05, 0.1) is 0 Å². The molecule has 17 heavy (non-hydrogen) atoms. The highest BCUT2D eigenvalue weighted by Crippen LogP contribution is 2.22. The predicted molar refractivity (Wildman–Crippen MR) is 69.9 cm³/mol. The molecule has 0 amide bonds. The zero-order valence-corrected chi connectivity index (χ0v) is 10.9. The highest BCUT2D eigenvalue weighted by Gasteiger charge is 2.23. The lowest BCUT2D eigenvalue weighted by Gasteiger charge is -2.31. The van der Waals surface area contributed by atoms with Crippen molar-refractivity contribution in [3.63, 3.8) is 0 Å². The molecule has 0 aliphatic rings. The minimum absolute atomic E-state index is 0.125. The summed E-state index contributed by atoms with van der Waals surface area (Å²) in [6.45, 7) is 7.44. The second-order valence-corrected chi connectivity index (χ2v) is 5.48. The molecule has 0 aromatic heterocycles. The van der Waals surface area contributed by atoms with Gasteiger partial charge in [-0.1, -0.05) is 32.9 Å². The van der Waals surface area contributed by atoms with Crippen molar-refractivity contribution in [3.8, 4) is 5.75 Å². The van der Waals surface area contributed by atoms with Crippen LogP contribution in [0, 0.1) is 5.41 Å². The first kappa shape index (κ1) is 14.0. The monoisotopic (exact) mass is 237 g/mol. The van der Waals surface area contributed by atoms with E-state index in [0.717, 1.165) is 18.5 Å². The first-order valence-corrected chi connectivity index (χ1v) is 6.05. The van der Waals surface area contributed by atoms with Crippen molar-refractivity contribution in [1.82, 2.24) is 5.32 Å². The lowest BCUT2D eigenvalue weighted by atomic mass is 9.85. The molecule has 3 N–H and O–H groups in total. The van der Waals surface area contributed by atoms with E-state index in [2.05, 4.69) is 26.1 Å². The Hall–Kier alpha value is -1.06. The van der Waals surface area contributed by atoms with E-state index in [9.17, 15) is 5.11 Å². The van der Waals surface area contributed by atoms with E-state index in [4.69, 9.17) is 5.11 Å². The Morgan fingerprint density at radius 3 is 2.24 bits per heavy atom. The van der Waals surface area contributed by atoms with Crippen LogP contribution in [0.1, 0.15) is 32.8 Å². The summed E-state index contributed by atoms with van der Waals surface area (Å²) in [6.07, 6.45) is 0.752. The van der Waals surface area contributed by atoms with Crippen LogP contribution in [0.3, 0.4) is 0 Å². The molecular formula is C14H23NO2. The summed E-state index contributed by atoms with van der Waals surface area (Å²) in [6, 6.07) is 7.47. The van der Waals surface area contributed by atoms with Crippen LogP contribution in [0.15, 0.2) is 24.3 Å². The molecule has 3 nitrogen and oxygen atoms in total. The van der Waals surface area contributed by atoms with Gasteiger partial charge < -0.3 is 15.5 Å². The van der Waals surface area contributed by atoms with Crippen LogP contribution in [0.25, 0.3) is 0 Å². The minimum atomic E-state index is 0.125. The SMILES string of the molecule is CC(C)(C)C(CCO)NCc1ccc(O)cc1. The Kier molecular flexibility index (Phi) is 4.97. The van der Waals surface area contributed by atoms with Crippen molar-refractivity contribution in [2.24, 2.45) is 5.41 Å². The molecule has 1 atom stereocenters. The number of benzene rings is 1. The molecule has 0 spiro atoms. The van der Waals surface area contributed by atoms with Crippen LogP contribution in [0.5, 0.6) is 5.75 Å². The van der Waals surface area contributed by atoms with Gasteiger partial charge in [-0.05, 0) is 29.5 Å². The molecule has 0 saturated carbocycles. The molecular weight excluding hydrogens is 214 g/mol. The van der Waals surface area contributed by atoms with Gasteiger partial charge in [0, 0.05) is 19.2 Å². The highest BCUT2D eigenvalue weighted by atomic mass is 16.3. The number of rotatable bonds is 5. The number of aliphatic hydroxyl groups is 1. The summed E-state index contributed by atoms with van der Waals surface area (Å²) < 4.78 is 0. The van der Waals surface area contributed by atoms with Gasteiger partial charge in [0.15, 0.2) is 0 Å². The zero-order chi connectivity index (χ0) is 12.9. The fourth-order valence-electron chi connectivity index (χ4n) is 1.83. The second-order valence-electron chi connectivity index (χ2n) is 5.48. The van der Waals surface area contributed by atoms with Gasteiger partial charge in [0.2, 0.25) is 0 Å². The molecule has 1 aromatic rings. The maximum atomic E-state index is 9.19. The number of aromatic hydroxyl groups is 1. The van der Waals surface area contributed by atoms with Crippen molar-refractivity contribution in [3.05, 3.63) is 29.8 Å². The molecule has 96 valence electrons. The fraction of sp³-hybridized carbons (Fsp3) is 0.571. The molecule has 0 radical (unpaired) electrons. The van der Waals surface area contributed by atoms with E-state index in [-0.39, 0.29) is 23.8 Å². The Morgan fingerprint density at radius 2 is 1.76 bits per heavy atom. The van der Waals surface area contributed by atoms with Crippen LogP contribution >= 0.6 is 0 Å². The summed E-state index contributed by atoms with van der Waals surface area (Å²) in [4.78, 5) is 0. The van der Waals surface area contributed by atoms with E-state index in [1.807, 2.05) is 12.1 Å². The first-order chi connectivity index (χ1) is 7.93. The molecule has 3 heteroatoms.